The van der Waals surface area contributed by atoms with Crippen LogP contribution < -0.4 is 5.32 Å². The lowest BCUT2D eigenvalue weighted by Crippen LogP contribution is -2.41. The van der Waals surface area contributed by atoms with Crippen LogP contribution in [0.4, 0.5) is 0 Å². The normalized spacial score (nSPS) is 21.4. The number of aryl methyl sites for hydroxylation is 1. The molecule has 2 unspecified atom stereocenters. The first-order chi connectivity index (χ1) is 8.25. The van der Waals surface area contributed by atoms with Crippen LogP contribution in [0, 0.1) is 0 Å². The van der Waals surface area contributed by atoms with E-state index >= 15 is 0 Å². The van der Waals surface area contributed by atoms with Gasteiger partial charge in [-0.25, -0.2) is 4.98 Å². The van der Waals surface area contributed by atoms with Crippen LogP contribution in [-0.2, 0) is 16.1 Å². The fourth-order valence-electron chi connectivity index (χ4n) is 1.98. The molecule has 0 bridgehead atoms. The Hall–Kier alpha value is -1.43. The van der Waals surface area contributed by atoms with Crippen LogP contribution >= 0.6 is 0 Å². The van der Waals surface area contributed by atoms with Gasteiger partial charge >= 0.3 is 0 Å². The summed E-state index contributed by atoms with van der Waals surface area (Å²) in [5.74, 6) is 0.0310. The van der Waals surface area contributed by atoms with E-state index < -0.39 is 0 Å². The molecule has 2 rings (SSSR count). The van der Waals surface area contributed by atoms with E-state index in [1.165, 1.54) is 6.33 Å². The number of ether oxygens (including phenoxy) is 1. The molecule has 6 nitrogen and oxygen atoms in total. The summed E-state index contributed by atoms with van der Waals surface area (Å²) in [6.45, 7) is 3.36. The first kappa shape index (κ1) is 12.0. The fourth-order valence-corrected chi connectivity index (χ4v) is 1.98. The molecule has 0 saturated carbocycles. The van der Waals surface area contributed by atoms with Crippen molar-refractivity contribution in [3.05, 3.63) is 12.7 Å². The van der Waals surface area contributed by atoms with E-state index in [0.717, 1.165) is 19.4 Å². The number of nitrogens with zero attached hydrogens (tertiary/aromatic N) is 3. The van der Waals surface area contributed by atoms with Crippen molar-refractivity contribution >= 4 is 5.91 Å². The maximum absolute atomic E-state index is 11.7. The molecule has 2 atom stereocenters. The van der Waals surface area contributed by atoms with E-state index in [2.05, 4.69) is 15.4 Å². The highest BCUT2D eigenvalue weighted by Crippen LogP contribution is 2.15. The number of carbonyl (C=O) groups excluding carboxylic acids is 1. The number of hydrogen-bond donors (Lipinski definition) is 1. The summed E-state index contributed by atoms with van der Waals surface area (Å²) in [5, 5.41) is 6.90. The lowest BCUT2D eigenvalue weighted by atomic mass is 10.1. The second-order valence-electron chi connectivity index (χ2n) is 4.32. The van der Waals surface area contributed by atoms with Crippen LogP contribution in [0.1, 0.15) is 26.2 Å². The molecule has 1 aliphatic rings. The average Bonchev–Trinajstić information content (AvgIpc) is 2.99. The maximum atomic E-state index is 11.7. The minimum absolute atomic E-state index is 0.0310. The number of nitrogens with one attached hydrogen (secondary N) is 1. The van der Waals surface area contributed by atoms with Gasteiger partial charge in [0.2, 0.25) is 5.91 Å². The highest BCUT2D eigenvalue weighted by Gasteiger charge is 2.23. The van der Waals surface area contributed by atoms with Crippen molar-refractivity contribution in [3.8, 4) is 0 Å². The zero-order valence-electron chi connectivity index (χ0n) is 10.0. The van der Waals surface area contributed by atoms with Crippen molar-refractivity contribution in [2.75, 3.05) is 6.61 Å². The van der Waals surface area contributed by atoms with Crippen LogP contribution in [-0.4, -0.2) is 39.4 Å². The molecule has 1 amide bonds. The van der Waals surface area contributed by atoms with Gasteiger partial charge in [-0.2, -0.15) is 5.10 Å². The van der Waals surface area contributed by atoms with E-state index in [1.807, 2.05) is 6.92 Å². The Balaban J connectivity index is 1.69. The highest BCUT2D eigenvalue weighted by atomic mass is 16.5. The molecule has 0 aromatic carbocycles. The van der Waals surface area contributed by atoms with E-state index in [-0.39, 0.29) is 18.1 Å². The molecule has 1 saturated heterocycles. The Morgan fingerprint density at radius 3 is 3.24 bits per heavy atom. The molecular weight excluding hydrogens is 220 g/mol. The molecular formula is C11H18N4O2. The molecule has 94 valence electrons. The van der Waals surface area contributed by atoms with Gasteiger partial charge in [-0.3, -0.25) is 9.48 Å². The quantitative estimate of drug-likeness (QED) is 0.803. The predicted octanol–water partition coefficient (Wildman–Crippen LogP) is 0.352. The number of amides is 1. The van der Waals surface area contributed by atoms with Crippen molar-refractivity contribution in [2.45, 2.75) is 44.9 Å². The Morgan fingerprint density at radius 2 is 2.59 bits per heavy atom. The van der Waals surface area contributed by atoms with Crippen LogP contribution in [0.3, 0.4) is 0 Å². The first-order valence-corrected chi connectivity index (χ1v) is 5.99. The second kappa shape index (κ2) is 5.77. The minimum Gasteiger partial charge on any atom is -0.376 e. The van der Waals surface area contributed by atoms with Gasteiger partial charge in [0, 0.05) is 13.0 Å². The van der Waals surface area contributed by atoms with E-state index in [9.17, 15) is 4.79 Å². The molecule has 2 heterocycles. The topological polar surface area (TPSA) is 69.0 Å². The van der Waals surface area contributed by atoms with Gasteiger partial charge in [-0.15, -0.1) is 0 Å². The van der Waals surface area contributed by atoms with Gasteiger partial charge < -0.3 is 10.1 Å². The van der Waals surface area contributed by atoms with Gasteiger partial charge in [0.15, 0.2) is 0 Å². The summed E-state index contributed by atoms with van der Waals surface area (Å²) in [5.41, 5.74) is 0. The Bertz CT molecular complexity index is 346. The Morgan fingerprint density at radius 1 is 1.71 bits per heavy atom. The average molecular weight is 238 g/mol. The van der Waals surface area contributed by atoms with Crippen molar-refractivity contribution in [1.82, 2.24) is 20.1 Å². The smallest absolute Gasteiger partial charge is 0.222 e. The van der Waals surface area contributed by atoms with Gasteiger partial charge in [-0.1, -0.05) is 0 Å². The van der Waals surface area contributed by atoms with Crippen molar-refractivity contribution in [1.29, 1.82) is 0 Å². The first-order valence-electron chi connectivity index (χ1n) is 5.99. The molecule has 1 fully saturated rings. The zero-order valence-corrected chi connectivity index (χ0v) is 10.0. The molecule has 17 heavy (non-hydrogen) atoms. The third-order valence-electron chi connectivity index (χ3n) is 2.95. The van der Waals surface area contributed by atoms with E-state index in [1.54, 1.807) is 11.0 Å². The number of aromatic nitrogens is 3. The standard InChI is InChI=1S/C11H18N4O2/c1-9(10-3-2-6-17-10)14-11(16)4-5-15-8-12-7-13-15/h7-10H,2-6H2,1H3,(H,14,16). The van der Waals surface area contributed by atoms with E-state index in [0.29, 0.717) is 13.0 Å². The molecule has 1 aromatic rings. The summed E-state index contributed by atoms with van der Waals surface area (Å²) < 4.78 is 7.17. The second-order valence-corrected chi connectivity index (χ2v) is 4.32. The molecule has 1 aromatic heterocycles. The predicted molar refractivity (Wildman–Crippen MR) is 61.2 cm³/mol. The molecule has 0 aliphatic carbocycles. The van der Waals surface area contributed by atoms with Gasteiger partial charge in [0.25, 0.3) is 0 Å². The minimum atomic E-state index is 0.0310. The number of rotatable bonds is 5. The summed E-state index contributed by atoms with van der Waals surface area (Å²) in [6.07, 6.45) is 5.78. The number of hydrogen-bond acceptors (Lipinski definition) is 4. The molecule has 1 aliphatic heterocycles. The molecule has 1 N–H and O–H groups in total. The monoisotopic (exact) mass is 238 g/mol. The van der Waals surface area contributed by atoms with Crippen LogP contribution in [0.5, 0.6) is 0 Å². The fraction of sp³-hybridized carbons (Fsp3) is 0.727. The summed E-state index contributed by atoms with van der Waals surface area (Å²) in [7, 11) is 0. The Kier molecular flexibility index (Phi) is 4.08. The molecule has 0 radical (unpaired) electrons. The summed E-state index contributed by atoms with van der Waals surface area (Å²) >= 11 is 0. The largest absolute Gasteiger partial charge is 0.376 e. The van der Waals surface area contributed by atoms with Gasteiger partial charge in [0.1, 0.15) is 12.7 Å². The lowest BCUT2D eigenvalue weighted by Gasteiger charge is -2.19. The van der Waals surface area contributed by atoms with Crippen molar-refractivity contribution in [3.63, 3.8) is 0 Å². The summed E-state index contributed by atoms with van der Waals surface area (Å²) in [4.78, 5) is 15.5. The summed E-state index contributed by atoms with van der Waals surface area (Å²) in [6, 6.07) is 0.0840. The van der Waals surface area contributed by atoms with Crippen LogP contribution in [0.2, 0.25) is 0 Å². The maximum Gasteiger partial charge on any atom is 0.222 e. The Labute approximate surface area is 100 Å². The van der Waals surface area contributed by atoms with E-state index in [4.69, 9.17) is 4.74 Å². The zero-order chi connectivity index (χ0) is 12.1. The van der Waals surface area contributed by atoms with Gasteiger partial charge in [0.05, 0.1) is 18.7 Å². The molecule has 0 spiro atoms. The number of carbonyl (C=O) groups is 1. The molecule has 6 heteroatoms. The van der Waals surface area contributed by atoms with Crippen LogP contribution in [0.15, 0.2) is 12.7 Å². The lowest BCUT2D eigenvalue weighted by molar-refractivity contribution is -0.122. The highest BCUT2D eigenvalue weighted by molar-refractivity contribution is 5.76. The van der Waals surface area contributed by atoms with Crippen molar-refractivity contribution < 1.29 is 9.53 Å². The third kappa shape index (κ3) is 3.52. The van der Waals surface area contributed by atoms with Crippen molar-refractivity contribution in [2.24, 2.45) is 0 Å². The van der Waals surface area contributed by atoms with Gasteiger partial charge in [-0.05, 0) is 19.8 Å². The third-order valence-corrected chi connectivity index (χ3v) is 2.95. The van der Waals surface area contributed by atoms with Crippen LogP contribution in [0.25, 0.3) is 0 Å². The SMILES string of the molecule is CC(NC(=O)CCn1cncn1)C1CCCO1.